The molecule has 0 unspecified atom stereocenters. The van der Waals surface area contributed by atoms with Crippen molar-refractivity contribution in [3.05, 3.63) is 92.5 Å². The van der Waals surface area contributed by atoms with Crippen LogP contribution in [0.15, 0.2) is 66.7 Å². The molecule has 0 radical (unpaired) electrons. The summed E-state index contributed by atoms with van der Waals surface area (Å²) < 4.78 is 15.0. The predicted octanol–water partition coefficient (Wildman–Crippen LogP) is 7.98. The molecule has 7 heteroatoms. The number of benzene rings is 3. The monoisotopic (exact) mass is 449 g/mol. The van der Waals surface area contributed by atoms with Crippen molar-refractivity contribution in [1.29, 1.82) is 0 Å². The van der Waals surface area contributed by atoms with Gasteiger partial charge in [0.2, 0.25) is 0 Å². The Bertz CT molecular complexity index is 1190. The van der Waals surface area contributed by atoms with Crippen LogP contribution < -0.4 is 4.90 Å². The molecule has 0 aliphatic carbocycles. The van der Waals surface area contributed by atoms with E-state index in [1.54, 1.807) is 30.3 Å². The number of thiophene rings is 1. The third-order valence-electron chi connectivity index (χ3n) is 4.18. The molecule has 3 aromatic carbocycles. The third-order valence-corrected chi connectivity index (χ3v) is 6.40. The van der Waals surface area contributed by atoms with Crippen molar-refractivity contribution in [2.45, 2.75) is 0 Å². The minimum absolute atomic E-state index is 0.0212. The summed E-state index contributed by atoms with van der Waals surface area (Å²) in [6.07, 6.45) is 0. The van der Waals surface area contributed by atoms with E-state index in [4.69, 9.17) is 34.8 Å². The van der Waals surface area contributed by atoms with E-state index in [1.165, 1.54) is 28.4 Å². The summed E-state index contributed by atoms with van der Waals surface area (Å²) in [7, 11) is 0. The number of fused-ring (bicyclic) bond motifs is 1. The van der Waals surface area contributed by atoms with Crippen LogP contribution in [0.5, 0.6) is 0 Å². The standard InChI is InChI=1S/C21H11Cl3FNOS/c22-12-5-7-13(8-6-12)26(14-9-10-16(23)17(25)11-14)21(27)20-19(24)15-3-1-2-4-18(15)28-20/h1-11H. The Kier molecular flexibility index (Phi) is 5.30. The van der Waals surface area contributed by atoms with Crippen molar-refractivity contribution in [3.63, 3.8) is 0 Å². The average molecular weight is 451 g/mol. The number of hydrogen-bond acceptors (Lipinski definition) is 2. The van der Waals surface area contributed by atoms with Gasteiger partial charge in [0.15, 0.2) is 0 Å². The zero-order valence-corrected chi connectivity index (χ0v) is 17.2. The first-order valence-electron chi connectivity index (χ1n) is 8.18. The number of rotatable bonds is 3. The van der Waals surface area contributed by atoms with Crippen LogP contribution in [0.3, 0.4) is 0 Å². The first-order valence-corrected chi connectivity index (χ1v) is 10.1. The van der Waals surface area contributed by atoms with Crippen molar-refractivity contribution in [2.75, 3.05) is 4.90 Å². The summed E-state index contributed by atoms with van der Waals surface area (Å²) in [5, 5.41) is 1.68. The second kappa shape index (κ2) is 7.72. The molecule has 0 spiro atoms. The maximum Gasteiger partial charge on any atom is 0.274 e. The van der Waals surface area contributed by atoms with E-state index in [2.05, 4.69) is 0 Å². The molecule has 2 nitrogen and oxygen atoms in total. The van der Waals surface area contributed by atoms with Gasteiger partial charge < -0.3 is 0 Å². The molecule has 0 fully saturated rings. The number of hydrogen-bond donors (Lipinski definition) is 0. The fourth-order valence-electron chi connectivity index (χ4n) is 2.85. The molecule has 140 valence electrons. The molecule has 0 N–H and O–H groups in total. The van der Waals surface area contributed by atoms with Gasteiger partial charge in [0.1, 0.15) is 10.7 Å². The van der Waals surface area contributed by atoms with Crippen LogP contribution in [0.4, 0.5) is 15.8 Å². The van der Waals surface area contributed by atoms with E-state index in [0.29, 0.717) is 26.3 Å². The molecule has 1 heterocycles. The Balaban J connectivity index is 1.88. The Morgan fingerprint density at radius 1 is 0.893 bits per heavy atom. The first-order chi connectivity index (χ1) is 13.5. The first kappa shape index (κ1) is 19.2. The second-order valence-electron chi connectivity index (χ2n) is 5.96. The summed E-state index contributed by atoms with van der Waals surface area (Å²) in [6, 6.07) is 18.4. The van der Waals surface area contributed by atoms with Gasteiger partial charge in [-0.2, -0.15) is 0 Å². The van der Waals surface area contributed by atoms with Crippen LogP contribution in [-0.2, 0) is 0 Å². The van der Waals surface area contributed by atoms with Crippen molar-refractivity contribution >= 4 is 73.5 Å². The molecule has 1 amide bonds. The summed E-state index contributed by atoms with van der Waals surface area (Å²) in [4.78, 5) is 15.2. The summed E-state index contributed by atoms with van der Waals surface area (Å²) in [5.41, 5.74) is 0.868. The molecular weight excluding hydrogens is 440 g/mol. The van der Waals surface area contributed by atoms with Gasteiger partial charge in [-0.15, -0.1) is 11.3 Å². The highest BCUT2D eigenvalue weighted by atomic mass is 35.5. The minimum Gasteiger partial charge on any atom is -0.276 e. The van der Waals surface area contributed by atoms with Crippen molar-refractivity contribution in [3.8, 4) is 0 Å². The fourth-order valence-corrected chi connectivity index (χ4v) is 4.54. The summed E-state index contributed by atoms with van der Waals surface area (Å²) in [5.74, 6) is -0.983. The molecule has 0 atom stereocenters. The molecule has 0 bridgehead atoms. The predicted molar refractivity (Wildman–Crippen MR) is 116 cm³/mol. The highest BCUT2D eigenvalue weighted by molar-refractivity contribution is 7.21. The van der Waals surface area contributed by atoms with Crippen LogP contribution in [0.25, 0.3) is 10.1 Å². The van der Waals surface area contributed by atoms with Gasteiger partial charge >= 0.3 is 0 Å². The zero-order valence-electron chi connectivity index (χ0n) is 14.1. The Labute approximate surface area is 179 Å². The van der Waals surface area contributed by atoms with E-state index in [0.717, 1.165) is 10.1 Å². The molecule has 4 aromatic rings. The molecule has 4 rings (SSSR count). The number of amides is 1. The Morgan fingerprint density at radius 3 is 2.25 bits per heavy atom. The lowest BCUT2D eigenvalue weighted by molar-refractivity contribution is 0.100. The maximum atomic E-state index is 14.1. The van der Waals surface area contributed by atoms with Gasteiger partial charge in [0.05, 0.1) is 15.7 Å². The summed E-state index contributed by atoms with van der Waals surface area (Å²) in [6.45, 7) is 0. The van der Waals surface area contributed by atoms with Gasteiger partial charge in [-0.05, 0) is 48.5 Å². The van der Waals surface area contributed by atoms with Crippen molar-refractivity contribution in [1.82, 2.24) is 0 Å². The number of carbonyl (C=O) groups is 1. The topological polar surface area (TPSA) is 20.3 Å². The van der Waals surface area contributed by atoms with E-state index in [9.17, 15) is 9.18 Å². The van der Waals surface area contributed by atoms with Gasteiger partial charge in [-0.25, -0.2) is 4.39 Å². The Morgan fingerprint density at radius 2 is 1.57 bits per heavy atom. The molecule has 0 aliphatic heterocycles. The molecule has 0 saturated carbocycles. The van der Waals surface area contributed by atoms with Crippen LogP contribution in [0.1, 0.15) is 9.67 Å². The highest BCUT2D eigenvalue weighted by Gasteiger charge is 2.26. The van der Waals surface area contributed by atoms with E-state index < -0.39 is 5.82 Å². The van der Waals surface area contributed by atoms with E-state index >= 15 is 0 Å². The van der Waals surface area contributed by atoms with Gasteiger partial charge in [0, 0.05) is 20.8 Å². The Hall–Kier alpha value is -2.11. The smallest absolute Gasteiger partial charge is 0.274 e. The van der Waals surface area contributed by atoms with Crippen LogP contribution >= 0.6 is 46.1 Å². The van der Waals surface area contributed by atoms with Crippen LogP contribution in [0, 0.1) is 5.82 Å². The van der Waals surface area contributed by atoms with E-state index in [-0.39, 0.29) is 10.9 Å². The van der Waals surface area contributed by atoms with Gasteiger partial charge in [-0.1, -0.05) is 53.0 Å². The lowest BCUT2D eigenvalue weighted by Gasteiger charge is -2.23. The molecule has 0 saturated heterocycles. The minimum atomic E-state index is -0.617. The number of nitrogens with zero attached hydrogens (tertiary/aromatic N) is 1. The zero-order chi connectivity index (χ0) is 19.8. The molecule has 28 heavy (non-hydrogen) atoms. The number of halogens is 4. The van der Waals surface area contributed by atoms with E-state index in [1.807, 2.05) is 24.3 Å². The maximum absolute atomic E-state index is 14.1. The van der Waals surface area contributed by atoms with Crippen LogP contribution in [0.2, 0.25) is 15.1 Å². The lowest BCUT2D eigenvalue weighted by Crippen LogP contribution is -2.25. The average Bonchev–Trinajstić information content (AvgIpc) is 3.03. The molecule has 1 aromatic heterocycles. The number of anilines is 2. The lowest BCUT2D eigenvalue weighted by atomic mass is 10.2. The van der Waals surface area contributed by atoms with Gasteiger partial charge in [-0.3, -0.25) is 9.69 Å². The third kappa shape index (κ3) is 3.49. The molecule has 0 aliphatic rings. The number of carbonyl (C=O) groups excluding carboxylic acids is 1. The van der Waals surface area contributed by atoms with Crippen molar-refractivity contribution in [2.24, 2.45) is 0 Å². The second-order valence-corrected chi connectivity index (χ2v) is 8.23. The highest BCUT2D eigenvalue weighted by Crippen LogP contribution is 2.39. The SMILES string of the molecule is O=C(c1sc2ccccc2c1Cl)N(c1ccc(Cl)cc1)c1ccc(Cl)c(F)c1. The quantitative estimate of drug-likeness (QED) is 0.310. The molecular formula is C21H11Cl3FNOS. The van der Waals surface area contributed by atoms with Crippen LogP contribution in [-0.4, -0.2) is 5.91 Å². The largest absolute Gasteiger partial charge is 0.276 e. The van der Waals surface area contributed by atoms with Crippen molar-refractivity contribution < 1.29 is 9.18 Å². The van der Waals surface area contributed by atoms with Gasteiger partial charge in [0.25, 0.3) is 5.91 Å². The normalized spacial score (nSPS) is 11.0. The fraction of sp³-hybridized carbons (Fsp3) is 0. The summed E-state index contributed by atoms with van der Waals surface area (Å²) >= 11 is 19.6.